The summed E-state index contributed by atoms with van der Waals surface area (Å²) in [5, 5.41) is 13.3. The summed E-state index contributed by atoms with van der Waals surface area (Å²) in [5.41, 5.74) is 1.68. The largest absolute Gasteiger partial charge is 0.388 e. The molecule has 1 unspecified atom stereocenters. The van der Waals surface area contributed by atoms with Crippen molar-refractivity contribution in [3.05, 3.63) is 53.6 Å². The fraction of sp³-hybridized carbons (Fsp3) is 0.263. The molecule has 0 saturated carbocycles. The summed E-state index contributed by atoms with van der Waals surface area (Å²) >= 11 is 6.30. The van der Waals surface area contributed by atoms with Crippen LogP contribution in [0.25, 0.3) is 22.2 Å². The topological polar surface area (TPSA) is 88.0 Å². The van der Waals surface area contributed by atoms with Crippen LogP contribution >= 0.6 is 11.6 Å². The molecule has 0 spiro atoms. The zero-order chi connectivity index (χ0) is 18.9. The summed E-state index contributed by atoms with van der Waals surface area (Å²) in [7, 11) is 0. The van der Waals surface area contributed by atoms with Crippen molar-refractivity contribution in [2.45, 2.75) is 32.4 Å². The Labute approximate surface area is 156 Å². The highest BCUT2D eigenvalue weighted by molar-refractivity contribution is 6.33. The number of amides is 1. The molecule has 1 atom stereocenters. The summed E-state index contributed by atoms with van der Waals surface area (Å²) in [6, 6.07) is 6.91. The Morgan fingerprint density at radius 3 is 2.62 bits per heavy atom. The number of carbonyl (C=O) groups excluding carboxylic acids is 1. The van der Waals surface area contributed by atoms with Crippen LogP contribution in [0.5, 0.6) is 0 Å². The lowest BCUT2D eigenvalue weighted by Gasteiger charge is -2.26. The number of benzene rings is 1. The minimum atomic E-state index is -1.05. The van der Waals surface area contributed by atoms with Crippen molar-refractivity contribution in [2.75, 3.05) is 0 Å². The second-order valence-electron chi connectivity index (χ2n) is 6.64. The van der Waals surface area contributed by atoms with Crippen molar-refractivity contribution in [2.24, 2.45) is 0 Å². The van der Waals surface area contributed by atoms with Crippen molar-refractivity contribution in [1.29, 1.82) is 0 Å². The summed E-state index contributed by atoms with van der Waals surface area (Å²) in [5.74, 6) is -0.407. The van der Waals surface area contributed by atoms with Gasteiger partial charge in [0.05, 0.1) is 24.0 Å². The van der Waals surface area contributed by atoms with E-state index in [0.29, 0.717) is 21.6 Å². The van der Waals surface area contributed by atoms with E-state index >= 15 is 0 Å². The van der Waals surface area contributed by atoms with Gasteiger partial charge in [0, 0.05) is 22.3 Å². The second kappa shape index (κ2) is 6.97. The van der Waals surface area contributed by atoms with Gasteiger partial charge in [0.1, 0.15) is 16.7 Å². The molecule has 0 aliphatic heterocycles. The van der Waals surface area contributed by atoms with Crippen molar-refractivity contribution >= 4 is 28.5 Å². The molecule has 3 rings (SSSR count). The molecule has 7 heteroatoms. The third-order valence-corrected chi connectivity index (χ3v) is 4.59. The zero-order valence-electron chi connectivity index (χ0n) is 14.7. The third kappa shape index (κ3) is 3.66. The van der Waals surface area contributed by atoms with Crippen LogP contribution in [0.4, 0.5) is 0 Å². The maximum Gasteiger partial charge on any atom is 0.271 e. The molecule has 6 nitrogen and oxygen atoms in total. The fourth-order valence-electron chi connectivity index (χ4n) is 2.37. The molecule has 0 saturated heterocycles. The number of hydrogen-bond acceptors (Lipinski definition) is 5. The maximum atomic E-state index is 12.5. The second-order valence-corrected chi connectivity index (χ2v) is 7.05. The van der Waals surface area contributed by atoms with E-state index in [1.54, 1.807) is 39.2 Å². The van der Waals surface area contributed by atoms with Gasteiger partial charge in [-0.25, -0.2) is 4.98 Å². The predicted molar refractivity (Wildman–Crippen MR) is 101 cm³/mol. The number of nitrogens with zero attached hydrogens (tertiary/aromatic N) is 3. The molecule has 0 radical (unpaired) electrons. The van der Waals surface area contributed by atoms with Crippen LogP contribution in [0.2, 0.25) is 5.02 Å². The number of pyridine rings is 1. The fourth-order valence-corrected chi connectivity index (χ4v) is 2.61. The molecule has 1 amide bonds. The van der Waals surface area contributed by atoms with Crippen molar-refractivity contribution in [3.63, 3.8) is 0 Å². The summed E-state index contributed by atoms with van der Waals surface area (Å²) in [4.78, 5) is 25.5. The van der Waals surface area contributed by atoms with Crippen LogP contribution in [0, 0.1) is 0 Å². The van der Waals surface area contributed by atoms with E-state index < -0.39 is 17.6 Å². The van der Waals surface area contributed by atoms with Gasteiger partial charge in [-0.3, -0.25) is 14.8 Å². The number of hydrogen-bond donors (Lipinski definition) is 2. The quantitative estimate of drug-likeness (QED) is 0.736. The molecule has 1 aromatic carbocycles. The van der Waals surface area contributed by atoms with E-state index in [-0.39, 0.29) is 5.69 Å². The normalized spacial score (nSPS) is 12.8. The smallest absolute Gasteiger partial charge is 0.271 e. The molecular weight excluding hydrogens is 352 g/mol. The summed E-state index contributed by atoms with van der Waals surface area (Å²) < 4.78 is 0. The number of fused-ring (bicyclic) bond motifs is 1. The standard InChI is InChI=1S/C19H19ClN4O2/c1-11(19(2,3)26)23-18(25)16-10-22-15-9-21-8-13(17(15)24-16)12-6-4-5-7-14(12)20/h4-11,26H,1-3H3,(H,23,25). The van der Waals surface area contributed by atoms with Crippen LogP contribution in [0.3, 0.4) is 0 Å². The molecule has 0 aliphatic carbocycles. The number of halogens is 1. The maximum absolute atomic E-state index is 12.5. The first-order valence-corrected chi connectivity index (χ1v) is 8.54. The average molecular weight is 371 g/mol. The van der Waals surface area contributed by atoms with Gasteiger partial charge in [0.15, 0.2) is 0 Å². The number of aromatic nitrogens is 3. The highest BCUT2D eigenvalue weighted by atomic mass is 35.5. The van der Waals surface area contributed by atoms with Gasteiger partial charge in [0.2, 0.25) is 0 Å². The molecule has 2 heterocycles. The summed E-state index contributed by atoms with van der Waals surface area (Å²) in [6.45, 7) is 4.99. The van der Waals surface area contributed by atoms with E-state index in [0.717, 1.165) is 5.56 Å². The molecule has 0 aliphatic rings. The van der Waals surface area contributed by atoms with Crippen LogP contribution in [-0.2, 0) is 0 Å². The molecule has 2 aromatic heterocycles. The van der Waals surface area contributed by atoms with Gasteiger partial charge in [0.25, 0.3) is 5.91 Å². The van der Waals surface area contributed by atoms with E-state index in [4.69, 9.17) is 11.6 Å². The molecule has 0 bridgehead atoms. The lowest BCUT2D eigenvalue weighted by molar-refractivity contribution is 0.0407. The van der Waals surface area contributed by atoms with Crippen LogP contribution < -0.4 is 5.32 Å². The Morgan fingerprint density at radius 1 is 1.19 bits per heavy atom. The number of carbonyl (C=O) groups is 1. The first-order chi connectivity index (χ1) is 12.3. The molecule has 134 valence electrons. The molecule has 26 heavy (non-hydrogen) atoms. The SMILES string of the molecule is CC(NC(=O)c1cnc2cncc(-c3ccccc3Cl)c2n1)C(C)(C)O. The van der Waals surface area contributed by atoms with Crippen molar-refractivity contribution < 1.29 is 9.90 Å². The third-order valence-electron chi connectivity index (χ3n) is 4.26. The first-order valence-electron chi connectivity index (χ1n) is 8.16. The van der Waals surface area contributed by atoms with E-state index in [2.05, 4.69) is 20.3 Å². The molecular formula is C19H19ClN4O2. The minimum absolute atomic E-state index is 0.160. The van der Waals surface area contributed by atoms with E-state index in [9.17, 15) is 9.90 Å². The molecule has 0 fully saturated rings. The average Bonchev–Trinajstić information content (AvgIpc) is 2.60. The number of rotatable bonds is 4. The van der Waals surface area contributed by atoms with Gasteiger partial charge in [-0.2, -0.15) is 0 Å². The highest BCUT2D eigenvalue weighted by Gasteiger charge is 2.25. The van der Waals surface area contributed by atoms with Crippen molar-refractivity contribution in [3.8, 4) is 11.1 Å². The summed E-state index contributed by atoms with van der Waals surface area (Å²) in [6.07, 6.45) is 4.63. The van der Waals surface area contributed by atoms with Gasteiger partial charge in [-0.05, 0) is 26.8 Å². The highest BCUT2D eigenvalue weighted by Crippen LogP contribution is 2.31. The lowest BCUT2D eigenvalue weighted by Crippen LogP contribution is -2.47. The monoisotopic (exact) mass is 370 g/mol. The lowest BCUT2D eigenvalue weighted by atomic mass is 10.0. The zero-order valence-corrected chi connectivity index (χ0v) is 15.4. The molecule has 3 aromatic rings. The van der Waals surface area contributed by atoms with Gasteiger partial charge in [-0.15, -0.1) is 0 Å². The Kier molecular flexibility index (Phi) is 4.89. The first kappa shape index (κ1) is 18.2. The minimum Gasteiger partial charge on any atom is -0.388 e. The van der Waals surface area contributed by atoms with E-state index in [1.165, 1.54) is 6.20 Å². The molecule has 2 N–H and O–H groups in total. The number of nitrogens with one attached hydrogen (secondary N) is 1. The van der Waals surface area contributed by atoms with E-state index in [1.807, 2.05) is 18.2 Å². The Balaban J connectivity index is 2.04. The predicted octanol–water partition coefficient (Wildman–Crippen LogP) is 3.23. The number of aliphatic hydroxyl groups is 1. The van der Waals surface area contributed by atoms with Gasteiger partial charge in [-0.1, -0.05) is 29.8 Å². The van der Waals surface area contributed by atoms with Crippen LogP contribution in [-0.4, -0.2) is 37.6 Å². The van der Waals surface area contributed by atoms with Gasteiger partial charge < -0.3 is 10.4 Å². The van der Waals surface area contributed by atoms with Crippen molar-refractivity contribution in [1.82, 2.24) is 20.3 Å². The van der Waals surface area contributed by atoms with Gasteiger partial charge >= 0.3 is 0 Å². The Hall–Kier alpha value is -2.57. The van der Waals surface area contributed by atoms with Crippen LogP contribution in [0.1, 0.15) is 31.3 Å². The Bertz CT molecular complexity index is 969. The van der Waals surface area contributed by atoms with Crippen LogP contribution in [0.15, 0.2) is 42.9 Å². The Morgan fingerprint density at radius 2 is 1.92 bits per heavy atom.